The first-order valence-electron chi connectivity index (χ1n) is 1.42. The minimum atomic E-state index is -1.04. The molecule has 0 radical (unpaired) electrons. The minimum absolute atomic E-state index is 0.656. The van der Waals surface area contributed by atoms with Crippen molar-refractivity contribution in [2.45, 2.75) is 0 Å². The molecule has 2 N–H and O–H groups in total. The molecule has 0 spiro atoms. The van der Waals surface area contributed by atoms with Gasteiger partial charge in [0.05, 0.1) is 0 Å². The Morgan fingerprint density at radius 1 is 1.57 bits per heavy atom. The van der Waals surface area contributed by atoms with Crippen LogP contribution in [0, 0.1) is 0 Å². The lowest BCUT2D eigenvalue weighted by Gasteiger charge is -1.87. The van der Waals surface area contributed by atoms with E-state index in [1.54, 1.807) is 0 Å². The Kier molecular flexibility index (Phi) is 3.21. The molecule has 5 nitrogen and oxygen atoms in total. The molecule has 0 amide bonds. The van der Waals surface area contributed by atoms with Gasteiger partial charge in [0.2, 0.25) is 0 Å². The summed E-state index contributed by atoms with van der Waals surface area (Å²) in [5, 5.41) is 14.9. The molecule has 0 saturated carbocycles. The van der Waals surface area contributed by atoms with Crippen molar-refractivity contribution in [2.24, 2.45) is 0 Å². The average Bonchev–Trinajstić information content (AvgIpc) is 1.68. The summed E-state index contributed by atoms with van der Waals surface area (Å²) >= 11 is 0. The van der Waals surface area contributed by atoms with Crippen LogP contribution in [0.15, 0.2) is 0 Å². The van der Waals surface area contributed by atoms with Crippen LogP contribution in [0.4, 0.5) is 0 Å². The molecule has 0 aromatic carbocycles. The first-order chi connectivity index (χ1) is 3.31. The second-order valence-corrected chi connectivity index (χ2v) is 0.737. The van der Waals surface area contributed by atoms with Crippen LogP contribution < -0.4 is 0 Å². The number of hydrogen-bond donors (Lipinski definition) is 2. The fourth-order valence-corrected chi connectivity index (χ4v) is 0.0791. The summed E-state index contributed by atoms with van der Waals surface area (Å²) in [6.45, 7) is -0.656. The lowest BCUT2D eigenvalue weighted by Crippen LogP contribution is -2.07. The molecule has 0 atom stereocenters. The van der Waals surface area contributed by atoms with E-state index in [0.717, 1.165) is 0 Å². The molecule has 0 bridgehead atoms. The topological polar surface area (TPSA) is 76.0 Å². The largest absolute Gasteiger partial charge is 0.370 e. The van der Waals surface area contributed by atoms with Crippen LogP contribution >= 0.6 is 0 Å². The number of hydrogen-bond acceptors (Lipinski definition) is 5. The van der Waals surface area contributed by atoms with E-state index in [2.05, 4.69) is 9.78 Å². The molecule has 0 aromatic heterocycles. The van der Waals surface area contributed by atoms with Crippen molar-refractivity contribution in [2.75, 3.05) is 6.61 Å². The molecule has 5 heteroatoms. The minimum Gasteiger partial charge on any atom is -0.298 e. The van der Waals surface area contributed by atoms with Gasteiger partial charge in [0.25, 0.3) is 0 Å². The first kappa shape index (κ1) is 6.35. The second kappa shape index (κ2) is 3.54. The van der Waals surface area contributed by atoms with Crippen molar-refractivity contribution in [3.8, 4) is 0 Å². The van der Waals surface area contributed by atoms with Crippen molar-refractivity contribution < 1.29 is 25.1 Å². The maximum absolute atomic E-state index is 9.65. The summed E-state index contributed by atoms with van der Waals surface area (Å²) in [5.74, 6) is -1.04. The van der Waals surface area contributed by atoms with Crippen LogP contribution in [0.25, 0.3) is 0 Å². The Morgan fingerprint density at radius 3 is 2.29 bits per heavy atom. The lowest BCUT2D eigenvalue weighted by molar-refractivity contribution is -0.274. The summed E-state index contributed by atoms with van der Waals surface area (Å²) in [6.07, 6.45) is 0. The summed E-state index contributed by atoms with van der Waals surface area (Å²) < 4.78 is 0. The molecule has 0 aliphatic heterocycles. The third kappa shape index (κ3) is 3.17. The van der Waals surface area contributed by atoms with Gasteiger partial charge in [-0.25, -0.2) is 9.68 Å². The van der Waals surface area contributed by atoms with Crippen LogP contribution in [-0.4, -0.2) is 23.1 Å². The highest BCUT2D eigenvalue weighted by atomic mass is 17.1. The average molecular weight is 108 g/mol. The highest BCUT2D eigenvalue weighted by Gasteiger charge is 1.97. The van der Waals surface area contributed by atoms with Gasteiger partial charge in [0.1, 0.15) is 0 Å². The number of carbonyl (C=O) groups excluding carboxylic acids is 1. The molecule has 0 aromatic rings. The molecule has 42 valence electrons. The SMILES string of the molecule is O=C(COO)OO. The Hall–Kier alpha value is -0.650. The Balaban J connectivity index is 3.00. The molecule has 0 saturated heterocycles. The van der Waals surface area contributed by atoms with E-state index in [-0.39, 0.29) is 0 Å². The fourth-order valence-electron chi connectivity index (χ4n) is 0.0791. The van der Waals surface area contributed by atoms with Gasteiger partial charge in [0, 0.05) is 0 Å². The van der Waals surface area contributed by atoms with Crippen molar-refractivity contribution in [1.29, 1.82) is 0 Å². The van der Waals surface area contributed by atoms with E-state index in [0.29, 0.717) is 0 Å². The van der Waals surface area contributed by atoms with Gasteiger partial charge in [-0.3, -0.25) is 10.1 Å². The van der Waals surface area contributed by atoms with E-state index in [9.17, 15) is 4.79 Å². The van der Waals surface area contributed by atoms with Gasteiger partial charge in [-0.05, 0) is 0 Å². The Labute approximate surface area is 38.9 Å². The molecule has 0 fully saturated rings. The molecule has 0 aliphatic carbocycles. The normalized spacial score (nSPS) is 8.29. The molecular weight excluding hydrogens is 104 g/mol. The molecular formula is C2H4O5. The Morgan fingerprint density at radius 2 is 2.14 bits per heavy atom. The van der Waals surface area contributed by atoms with Crippen LogP contribution in [0.2, 0.25) is 0 Å². The zero-order chi connectivity index (χ0) is 5.70. The van der Waals surface area contributed by atoms with Crippen molar-refractivity contribution in [1.82, 2.24) is 0 Å². The maximum atomic E-state index is 9.65. The highest BCUT2D eigenvalue weighted by molar-refractivity contribution is 5.69. The third-order valence-electron chi connectivity index (χ3n) is 0.284. The van der Waals surface area contributed by atoms with E-state index < -0.39 is 12.6 Å². The van der Waals surface area contributed by atoms with Gasteiger partial charge < -0.3 is 0 Å². The van der Waals surface area contributed by atoms with Crippen molar-refractivity contribution >= 4 is 5.97 Å². The predicted molar refractivity (Wildman–Crippen MR) is 17.3 cm³/mol. The highest BCUT2D eigenvalue weighted by Crippen LogP contribution is 1.70. The van der Waals surface area contributed by atoms with E-state index >= 15 is 0 Å². The zero-order valence-corrected chi connectivity index (χ0v) is 3.33. The van der Waals surface area contributed by atoms with Gasteiger partial charge in [-0.15, -0.1) is 0 Å². The number of carbonyl (C=O) groups is 1. The van der Waals surface area contributed by atoms with E-state index in [1.165, 1.54) is 0 Å². The third-order valence-corrected chi connectivity index (χ3v) is 0.284. The number of rotatable bonds is 2. The summed E-state index contributed by atoms with van der Waals surface area (Å²) in [5.41, 5.74) is 0. The van der Waals surface area contributed by atoms with Gasteiger partial charge in [-0.1, -0.05) is 0 Å². The van der Waals surface area contributed by atoms with Gasteiger partial charge >= 0.3 is 5.97 Å². The van der Waals surface area contributed by atoms with Crippen LogP contribution in [-0.2, 0) is 14.6 Å². The van der Waals surface area contributed by atoms with Crippen molar-refractivity contribution in [3.63, 3.8) is 0 Å². The maximum Gasteiger partial charge on any atom is 0.370 e. The zero-order valence-electron chi connectivity index (χ0n) is 3.33. The molecule has 0 unspecified atom stereocenters. The standard InChI is InChI=1S/C2H4O5/c3-2(7-5)1-6-4/h4-5H,1H2. The quantitative estimate of drug-likeness (QED) is 0.368. The summed E-state index contributed by atoms with van der Waals surface area (Å²) in [6, 6.07) is 0. The summed E-state index contributed by atoms with van der Waals surface area (Å²) in [4.78, 5) is 16.0. The fraction of sp³-hybridized carbons (Fsp3) is 0.500. The van der Waals surface area contributed by atoms with Crippen molar-refractivity contribution in [3.05, 3.63) is 0 Å². The van der Waals surface area contributed by atoms with Gasteiger partial charge in [-0.2, -0.15) is 5.26 Å². The molecule has 0 aliphatic rings. The van der Waals surface area contributed by atoms with E-state index in [1.807, 2.05) is 0 Å². The molecule has 7 heavy (non-hydrogen) atoms. The van der Waals surface area contributed by atoms with Gasteiger partial charge in [0.15, 0.2) is 6.61 Å². The second-order valence-electron chi connectivity index (χ2n) is 0.737. The molecule has 0 heterocycles. The monoisotopic (exact) mass is 108 g/mol. The predicted octanol–water partition coefficient (Wildman–Crippen LogP) is -0.508. The van der Waals surface area contributed by atoms with Crippen LogP contribution in [0.5, 0.6) is 0 Å². The molecule has 0 rings (SSSR count). The summed E-state index contributed by atoms with van der Waals surface area (Å²) in [7, 11) is 0. The smallest absolute Gasteiger partial charge is 0.298 e. The van der Waals surface area contributed by atoms with Crippen LogP contribution in [0.3, 0.4) is 0 Å². The first-order valence-corrected chi connectivity index (χ1v) is 1.42. The van der Waals surface area contributed by atoms with Crippen LogP contribution in [0.1, 0.15) is 0 Å². The van der Waals surface area contributed by atoms with E-state index in [4.69, 9.17) is 10.5 Å². The Bertz CT molecular complexity index is 59.1. The lowest BCUT2D eigenvalue weighted by atomic mass is 10.8.